The van der Waals surface area contributed by atoms with E-state index in [9.17, 15) is 0 Å². The lowest BCUT2D eigenvalue weighted by Crippen LogP contribution is -2.45. The normalized spacial score (nSPS) is 20.6. The van der Waals surface area contributed by atoms with Crippen molar-refractivity contribution >= 4 is 11.8 Å². The summed E-state index contributed by atoms with van der Waals surface area (Å²) in [7, 11) is 0. The fourth-order valence-electron chi connectivity index (χ4n) is 2.21. The Bertz CT molecular complexity index is 359. The molecule has 2 nitrogen and oxygen atoms in total. The third kappa shape index (κ3) is 3.74. The second-order valence-electron chi connectivity index (χ2n) is 5.02. The molecule has 0 bridgehead atoms. The largest absolute Gasteiger partial charge is 0.379 e. The van der Waals surface area contributed by atoms with E-state index in [0.717, 1.165) is 26.3 Å². The van der Waals surface area contributed by atoms with E-state index in [1.807, 2.05) is 11.8 Å². The van der Waals surface area contributed by atoms with E-state index in [1.54, 1.807) is 0 Å². The lowest BCUT2D eigenvalue weighted by molar-refractivity contribution is 0.0207. The van der Waals surface area contributed by atoms with Gasteiger partial charge in [0.2, 0.25) is 0 Å². The predicted molar refractivity (Wildman–Crippen MR) is 78.4 cm³/mol. The number of thioether (sulfide) groups is 1. The Morgan fingerprint density at radius 3 is 2.33 bits per heavy atom. The molecule has 0 aromatic heterocycles. The molecule has 0 aliphatic carbocycles. The van der Waals surface area contributed by atoms with Crippen LogP contribution in [0.4, 0.5) is 0 Å². The molecule has 18 heavy (non-hydrogen) atoms. The molecule has 1 aliphatic rings. The van der Waals surface area contributed by atoms with Gasteiger partial charge >= 0.3 is 0 Å². The number of rotatable bonds is 4. The molecule has 0 saturated carbocycles. The Kier molecular flexibility index (Phi) is 5.10. The molecule has 0 N–H and O–H groups in total. The minimum absolute atomic E-state index is 0.597. The highest BCUT2D eigenvalue weighted by Gasteiger charge is 2.22. The molecule has 0 spiro atoms. The minimum atomic E-state index is 0.597. The van der Waals surface area contributed by atoms with E-state index in [0.29, 0.717) is 11.3 Å². The minimum Gasteiger partial charge on any atom is -0.379 e. The number of nitrogens with zero attached hydrogens (tertiary/aromatic N) is 1. The summed E-state index contributed by atoms with van der Waals surface area (Å²) >= 11 is 1.97. The van der Waals surface area contributed by atoms with Crippen LogP contribution in [-0.2, 0) is 4.74 Å². The molecular weight excluding hydrogens is 242 g/mol. The second-order valence-corrected chi connectivity index (χ2v) is 6.48. The maximum Gasteiger partial charge on any atom is 0.0594 e. The summed E-state index contributed by atoms with van der Waals surface area (Å²) in [6, 6.07) is 9.42. The van der Waals surface area contributed by atoms with Crippen LogP contribution in [0.15, 0.2) is 29.2 Å². The average molecular weight is 265 g/mol. The van der Waals surface area contributed by atoms with Crippen molar-refractivity contribution in [1.29, 1.82) is 0 Å². The predicted octanol–water partition coefficient (Wildman–Crippen LogP) is 3.20. The molecule has 100 valence electrons. The molecule has 0 amide bonds. The van der Waals surface area contributed by atoms with Gasteiger partial charge in [-0.2, -0.15) is 0 Å². The molecule has 1 heterocycles. The van der Waals surface area contributed by atoms with Crippen molar-refractivity contribution in [2.24, 2.45) is 0 Å². The first-order chi connectivity index (χ1) is 8.66. The second kappa shape index (κ2) is 6.60. The smallest absolute Gasteiger partial charge is 0.0594 e. The Hall–Kier alpha value is -0.510. The van der Waals surface area contributed by atoms with Gasteiger partial charge in [-0.1, -0.05) is 24.6 Å². The highest BCUT2D eigenvalue weighted by molar-refractivity contribution is 8.00. The van der Waals surface area contributed by atoms with Crippen LogP contribution in [0, 0.1) is 6.92 Å². The van der Waals surface area contributed by atoms with Gasteiger partial charge in [0.1, 0.15) is 0 Å². The SMILES string of the molecule is Cc1ccc(SC(C)C(C)N2CCOCC2)cc1. The van der Waals surface area contributed by atoms with Crippen molar-refractivity contribution in [1.82, 2.24) is 4.90 Å². The quantitative estimate of drug-likeness (QED) is 0.776. The number of hydrogen-bond acceptors (Lipinski definition) is 3. The molecule has 1 aliphatic heterocycles. The highest BCUT2D eigenvalue weighted by atomic mass is 32.2. The number of hydrogen-bond donors (Lipinski definition) is 0. The van der Waals surface area contributed by atoms with Gasteiger partial charge in [-0.3, -0.25) is 4.90 Å². The summed E-state index contributed by atoms with van der Waals surface area (Å²) in [6.45, 7) is 10.7. The zero-order valence-electron chi connectivity index (χ0n) is 11.6. The van der Waals surface area contributed by atoms with Gasteiger partial charge in [0.15, 0.2) is 0 Å². The molecule has 2 atom stereocenters. The van der Waals surface area contributed by atoms with E-state index in [4.69, 9.17) is 4.74 Å². The van der Waals surface area contributed by atoms with E-state index in [1.165, 1.54) is 10.5 Å². The number of aryl methyl sites for hydroxylation is 1. The standard InChI is InChI=1S/C15H23NOS/c1-12-4-6-15(7-5-12)18-14(3)13(2)16-8-10-17-11-9-16/h4-7,13-14H,8-11H2,1-3H3. The Balaban J connectivity index is 1.89. The number of morpholine rings is 1. The van der Waals surface area contributed by atoms with Crippen LogP contribution < -0.4 is 0 Å². The van der Waals surface area contributed by atoms with Crippen molar-refractivity contribution in [3.8, 4) is 0 Å². The van der Waals surface area contributed by atoms with Gasteiger partial charge in [0.05, 0.1) is 13.2 Å². The summed E-state index contributed by atoms with van der Waals surface area (Å²) in [5, 5.41) is 0.603. The maximum absolute atomic E-state index is 5.41. The molecule has 2 rings (SSSR count). The first-order valence-corrected chi connectivity index (χ1v) is 7.60. The molecule has 1 aromatic rings. The van der Waals surface area contributed by atoms with E-state index in [-0.39, 0.29) is 0 Å². The first-order valence-electron chi connectivity index (χ1n) is 6.72. The fraction of sp³-hybridized carbons (Fsp3) is 0.600. The van der Waals surface area contributed by atoms with Crippen molar-refractivity contribution in [3.63, 3.8) is 0 Å². The molecule has 1 aromatic carbocycles. The molecular formula is C15H23NOS. The van der Waals surface area contributed by atoms with E-state index >= 15 is 0 Å². The van der Waals surface area contributed by atoms with Gasteiger partial charge in [-0.15, -0.1) is 11.8 Å². The maximum atomic E-state index is 5.41. The zero-order chi connectivity index (χ0) is 13.0. The summed E-state index contributed by atoms with van der Waals surface area (Å²) in [5.41, 5.74) is 1.33. The van der Waals surface area contributed by atoms with Gasteiger partial charge in [0.25, 0.3) is 0 Å². The molecule has 0 radical (unpaired) electrons. The van der Waals surface area contributed by atoms with Gasteiger partial charge in [-0.25, -0.2) is 0 Å². The summed E-state index contributed by atoms with van der Waals surface area (Å²) in [4.78, 5) is 3.91. The van der Waals surface area contributed by atoms with Crippen LogP contribution in [0.5, 0.6) is 0 Å². The van der Waals surface area contributed by atoms with Gasteiger partial charge in [0, 0.05) is 29.3 Å². The van der Waals surface area contributed by atoms with Crippen molar-refractivity contribution < 1.29 is 4.74 Å². The topological polar surface area (TPSA) is 12.5 Å². The molecule has 1 fully saturated rings. The van der Waals surface area contributed by atoms with Crippen molar-refractivity contribution in [2.45, 2.75) is 37.0 Å². The summed E-state index contributed by atoms with van der Waals surface area (Å²) < 4.78 is 5.41. The third-order valence-electron chi connectivity index (χ3n) is 3.64. The van der Waals surface area contributed by atoms with Crippen LogP contribution in [0.25, 0.3) is 0 Å². The number of benzene rings is 1. The fourth-order valence-corrected chi connectivity index (χ4v) is 3.30. The van der Waals surface area contributed by atoms with Crippen molar-refractivity contribution in [2.75, 3.05) is 26.3 Å². The third-order valence-corrected chi connectivity index (χ3v) is 4.95. The van der Waals surface area contributed by atoms with Gasteiger partial charge < -0.3 is 4.74 Å². The van der Waals surface area contributed by atoms with Gasteiger partial charge in [-0.05, 0) is 26.0 Å². The summed E-state index contributed by atoms with van der Waals surface area (Å²) in [6.07, 6.45) is 0. The highest BCUT2D eigenvalue weighted by Crippen LogP contribution is 2.27. The van der Waals surface area contributed by atoms with E-state index in [2.05, 4.69) is 49.9 Å². The molecule has 2 unspecified atom stereocenters. The van der Waals surface area contributed by atoms with Crippen LogP contribution in [0.2, 0.25) is 0 Å². The Labute approximate surface area is 115 Å². The van der Waals surface area contributed by atoms with Crippen LogP contribution in [-0.4, -0.2) is 42.5 Å². The Morgan fingerprint density at radius 2 is 1.72 bits per heavy atom. The lowest BCUT2D eigenvalue weighted by atomic mass is 10.2. The first kappa shape index (κ1) is 13.9. The monoisotopic (exact) mass is 265 g/mol. The summed E-state index contributed by atoms with van der Waals surface area (Å²) in [5.74, 6) is 0. The van der Waals surface area contributed by atoms with E-state index < -0.39 is 0 Å². The van der Waals surface area contributed by atoms with Crippen molar-refractivity contribution in [3.05, 3.63) is 29.8 Å². The Morgan fingerprint density at radius 1 is 1.11 bits per heavy atom. The number of ether oxygens (including phenoxy) is 1. The van der Waals surface area contributed by atoms with Crippen LogP contribution >= 0.6 is 11.8 Å². The molecule has 3 heteroatoms. The molecule has 1 saturated heterocycles. The average Bonchev–Trinajstić information content (AvgIpc) is 2.41. The van der Waals surface area contributed by atoms with Crippen LogP contribution in [0.1, 0.15) is 19.4 Å². The lowest BCUT2D eigenvalue weighted by Gasteiger charge is -2.35. The van der Waals surface area contributed by atoms with Crippen LogP contribution in [0.3, 0.4) is 0 Å². The zero-order valence-corrected chi connectivity index (χ0v) is 12.4.